The molecular formula is C14H16N4O3. The lowest BCUT2D eigenvalue weighted by Crippen LogP contribution is -2.53. The van der Waals surface area contributed by atoms with Crippen molar-refractivity contribution in [3.8, 4) is 0 Å². The van der Waals surface area contributed by atoms with Crippen LogP contribution in [0.4, 0.5) is 0 Å². The highest BCUT2D eigenvalue weighted by molar-refractivity contribution is 5.84. The van der Waals surface area contributed by atoms with E-state index < -0.39 is 5.97 Å². The van der Waals surface area contributed by atoms with Crippen molar-refractivity contribution < 1.29 is 14.7 Å². The number of hydrogen-bond acceptors (Lipinski definition) is 4. The minimum atomic E-state index is -1.08. The fourth-order valence-electron chi connectivity index (χ4n) is 3.65. The van der Waals surface area contributed by atoms with E-state index in [1.54, 1.807) is 4.68 Å². The summed E-state index contributed by atoms with van der Waals surface area (Å²) >= 11 is 0. The number of aromatic nitrogens is 3. The normalized spacial score (nSPS) is 30.7. The third-order valence-electron chi connectivity index (χ3n) is 4.87. The van der Waals surface area contributed by atoms with Gasteiger partial charge >= 0.3 is 5.97 Å². The fourth-order valence-corrected chi connectivity index (χ4v) is 3.65. The van der Waals surface area contributed by atoms with Crippen molar-refractivity contribution in [1.82, 2.24) is 19.9 Å². The van der Waals surface area contributed by atoms with Crippen LogP contribution in [0.2, 0.25) is 0 Å². The van der Waals surface area contributed by atoms with E-state index in [1.807, 2.05) is 4.90 Å². The Bertz CT molecular complexity index is 632. The Morgan fingerprint density at radius 3 is 2.62 bits per heavy atom. The quantitative estimate of drug-likeness (QED) is 0.822. The Hall–Kier alpha value is -2.18. The number of nitrogens with zero attached hydrogens (tertiary/aromatic N) is 4. The van der Waals surface area contributed by atoms with E-state index in [2.05, 4.69) is 22.5 Å². The van der Waals surface area contributed by atoms with Crippen LogP contribution in [0.1, 0.15) is 29.4 Å². The van der Waals surface area contributed by atoms with Gasteiger partial charge in [-0.05, 0) is 24.7 Å². The summed E-state index contributed by atoms with van der Waals surface area (Å²) in [6.45, 7) is 1.19. The van der Waals surface area contributed by atoms with Crippen molar-refractivity contribution in [3.05, 3.63) is 24.0 Å². The van der Waals surface area contributed by atoms with Gasteiger partial charge in [-0.15, -0.1) is 5.10 Å². The van der Waals surface area contributed by atoms with Crippen LogP contribution < -0.4 is 0 Å². The molecule has 2 aliphatic carbocycles. The predicted octanol–water partition coefficient (Wildman–Crippen LogP) is 0.572. The van der Waals surface area contributed by atoms with Crippen LogP contribution in [-0.2, 0) is 4.79 Å². The van der Waals surface area contributed by atoms with Crippen LogP contribution in [-0.4, -0.2) is 50.0 Å². The summed E-state index contributed by atoms with van der Waals surface area (Å²) in [6.07, 6.45) is 7.95. The Balaban J connectivity index is 1.37. The summed E-state index contributed by atoms with van der Waals surface area (Å²) in [6, 6.07) is 0.0451. The Morgan fingerprint density at radius 2 is 2.05 bits per heavy atom. The van der Waals surface area contributed by atoms with Crippen molar-refractivity contribution >= 4 is 11.9 Å². The highest BCUT2D eigenvalue weighted by Gasteiger charge is 2.44. The smallest absolute Gasteiger partial charge is 0.358 e. The molecule has 1 saturated carbocycles. The molecule has 2 heterocycles. The van der Waals surface area contributed by atoms with E-state index in [1.165, 1.54) is 6.20 Å². The standard InChI is InChI=1S/C14H16N4O3/c19-13(11-4-8-1-2-9(11)3-8)17-5-10(6-17)18-7-12(14(20)21)15-16-18/h1-2,7-11H,3-6H2,(H,20,21). The maximum Gasteiger partial charge on any atom is 0.358 e. The van der Waals surface area contributed by atoms with E-state index >= 15 is 0 Å². The Labute approximate surface area is 121 Å². The van der Waals surface area contributed by atoms with Crippen LogP contribution in [0, 0.1) is 17.8 Å². The van der Waals surface area contributed by atoms with E-state index in [0.717, 1.165) is 12.8 Å². The van der Waals surface area contributed by atoms with Crippen molar-refractivity contribution in [2.75, 3.05) is 13.1 Å². The van der Waals surface area contributed by atoms with E-state index in [-0.39, 0.29) is 23.6 Å². The Kier molecular flexibility index (Phi) is 2.63. The number of amides is 1. The van der Waals surface area contributed by atoms with Crippen molar-refractivity contribution in [2.45, 2.75) is 18.9 Å². The van der Waals surface area contributed by atoms with Gasteiger partial charge in [-0.2, -0.15) is 0 Å². The number of fused-ring (bicyclic) bond motifs is 2. The van der Waals surface area contributed by atoms with Gasteiger partial charge in [0, 0.05) is 19.0 Å². The van der Waals surface area contributed by atoms with E-state index in [9.17, 15) is 9.59 Å². The van der Waals surface area contributed by atoms with Crippen LogP contribution in [0.25, 0.3) is 0 Å². The van der Waals surface area contributed by atoms with Crippen LogP contribution in [0.3, 0.4) is 0 Å². The minimum Gasteiger partial charge on any atom is -0.476 e. The van der Waals surface area contributed by atoms with Gasteiger partial charge in [0.15, 0.2) is 5.69 Å². The molecule has 0 aromatic carbocycles. The molecule has 0 spiro atoms. The summed E-state index contributed by atoms with van der Waals surface area (Å²) in [7, 11) is 0. The summed E-state index contributed by atoms with van der Waals surface area (Å²) in [5.41, 5.74) is -0.0574. The van der Waals surface area contributed by atoms with Crippen molar-refractivity contribution in [2.24, 2.45) is 17.8 Å². The predicted molar refractivity (Wildman–Crippen MR) is 71.4 cm³/mol. The first-order valence-corrected chi connectivity index (χ1v) is 7.24. The molecule has 1 amide bonds. The van der Waals surface area contributed by atoms with Gasteiger partial charge in [-0.25, -0.2) is 9.48 Å². The number of likely N-dealkylation sites (tertiary alicyclic amines) is 1. The molecule has 2 fully saturated rings. The first-order chi connectivity index (χ1) is 10.1. The zero-order valence-corrected chi connectivity index (χ0v) is 11.4. The molecule has 2 bridgehead atoms. The van der Waals surface area contributed by atoms with Crippen molar-refractivity contribution in [1.29, 1.82) is 0 Å². The molecule has 3 aliphatic rings. The molecule has 3 unspecified atom stereocenters. The molecule has 110 valence electrons. The largest absolute Gasteiger partial charge is 0.476 e. The number of aromatic carboxylic acids is 1. The van der Waals surface area contributed by atoms with Gasteiger partial charge in [0.25, 0.3) is 0 Å². The molecule has 3 atom stereocenters. The highest BCUT2D eigenvalue weighted by Crippen LogP contribution is 2.44. The third-order valence-corrected chi connectivity index (χ3v) is 4.87. The second kappa shape index (κ2) is 4.41. The topological polar surface area (TPSA) is 88.3 Å². The number of hydrogen-bond donors (Lipinski definition) is 1. The van der Waals surface area contributed by atoms with Crippen molar-refractivity contribution in [3.63, 3.8) is 0 Å². The SMILES string of the molecule is O=C(O)c1cn(C2CN(C(=O)C3CC4C=CC3C4)C2)nn1. The van der Waals surface area contributed by atoms with E-state index in [0.29, 0.717) is 24.9 Å². The lowest BCUT2D eigenvalue weighted by molar-refractivity contribution is -0.142. The first kappa shape index (κ1) is 12.6. The van der Waals surface area contributed by atoms with E-state index in [4.69, 9.17) is 5.11 Å². The molecular weight excluding hydrogens is 272 g/mol. The zero-order valence-electron chi connectivity index (χ0n) is 11.4. The van der Waals surface area contributed by atoms with Crippen LogP contribution in [0.5, 0.6) is 0 Å². The van der Waals surface area contributed by atoms with Crippen LogP contribution >= 0.6 is 0 Å². The maximum atomic E-state index is 12.5. The monoisotopic (exact) mass is 288 g/mol. The first-order valence-electron chi connectivity index (χ1n) is 7.24. The number of allylic oxidation sites excluding steroid dienone is 2. The molecule has 4 rings (SSSR count). The molecule has 1 saturated heterocycles. The Morgan fingerprint density at radius 1 is 1.24 bits per heavy atom. The van der Waals surface area contributed by atoms with Gasteiger partial charge in [0.05, 0.1) is 12.2 Å². The molecule has 7 heteroatoms. The fraction of sp³-hybridized carbons (Fsp3) is 0.571. The molecule has 21 heavy (non-hydrogen) atoms. The summed E-state index contributed by atoms with van der Waals surface area (Å²) in [5, 5.41) is 16.3. The zero-order chi connectivity index (χ0) is 14.6. The second-order valence-electron chi connectivity index (χ2n) is 6.17. The summed E-state index contributed by atoms with van der Waals surface area (Å²) in [5.74, 6) is 0.316. The van der Waals surface area contributed by atoms with Gasteiger partial charge in [0.2, 0.25) is 5.91 Å². The molecule has 0 radical (unpaired) electrons. The maximum absolute atomic E-state index is 12.5. The number of carboxylic acid groups (broad SMARTS) is 1. The summed E-state index contributed by atoms with van der Waals surface area (Å²) in [4.78, 5) is 25.1. The highest BCUT2D eigenvalue weighted by atomic mass is 16.4. The van der Waals surface area contributed by atoms with Gasteiger partial charge in [-0.3, -0.25) is 4.79 Å². The average Bonchev–Trinajstić information content (AvgIpc) is 3.12. The molecule has 1 N–H and O–H groups in total. The number of carbonyl (C=O) groups is 2. The minimum absolute atomic E-state index is 0.0451. The second-order valence-corrected chi connectivity index (χ2v) is 6.17. The lowest BCUT2D eigenvalue weighted by Gasteiger charge is -2.41. The average molecular weight is 288 g/mol. The number of carbonyl (C=O) groups excluding carboxylic acids is 1. The number of carboxylic acids is 1. The molecule has 1 aromatic rings. The molecule has 7 nitrogen and oxygen atoms in total. The van der Waals surface area contributed by atoms with Gasteiger partial charge < -0.3 is 10.0 Å². The van der Waals surface area contributed by atoms with Crippen LogP contribution in [0.15, 0.2) is 18.3 Å². The van der Waals surface area contributed by atoms with Gasteiger partial charge in [0.1, 0.15) is 0 Å². The molecule has 1 aliphatic heterocycles. The van der Waals surface area contributed by atoms with Gasteiger partial charge in [-0.1, -0.05) is 17.4 Å². The lowest BCUT2D eigenvalue weighted by atomic mass is 9.91. The summed E-state index contributed by atoms with van der Waals surface area (Å²) < 4.78 is 1.55. The third kappa shape index (κ3) is 1.95. The molecule has 1 aromatic heterocycles. The number of rotatable bonds is 3.